The van der Waals surface area contributed by atoms with E-state index in [-0.39, 0.29) is 11.3 Å². The molecule has 0 aliphatic rings. The molecule has 0 saturated carbocycles. The van der Waals surface area contributed by atoms with Crippen molar-refractivity contribution in [2.24, 2.45) is 0 Å². The minimum Gasteiger partial charge on any atom is -0.423 e. The molecule has 0 N–H and O–H groups in total. The van der Waals surface area contributed by atoms with E-state index in [9.17, 15) is 30.3 Å². The third-order valence-corrected chi connectivity index (χ3v) is 4.14. The highest BCUT2D eigenvalue weighted by atomic mass is 16.6. The van der Waals surface area contributed by atoms with Crippen molar-refractivity contribution in [3.63, 3.8) is 0 Å². The summed E-state index contributed by atoms with van der Waals surface area (Å²) in [4.78, 5) is 32.8. The molecule has 0 spiro atoms. The average Bonchev–Trinajstić information content (AvgIpc) is 2.78. The zero-order chi connectivity index (χ0) is 22.4. The van der Waals surface area contributed by atoms with Gasteiger partial charge in [0.2, 0.25) is 0 Å². The fraction of sp³-hybridized carbons (Fsp3) is 0. The lowest BCUT2D eigenvalue weighted by molar-refractivity contribution is -0.394. The molecular formula is C22H13N3O6. The van der Waals surface area contributed by atoms with Crippen LogP contribution in [0.3, 0.4) is 0 Å². The highest BCUT2D eigenvalue weighted by molar-refractivity contribution is 5.93. The monoisotopic (exact) mass is 415 g/mol. The van der Waals surface area contributed by atoms with E-state index in [1.165, 1.54) is 12.1 Å². The maximum atomic E-state index is 12.4. The molecule has 3 aromatic carbocycles. The Morgan fingerprint density at radius 3 is 2.10 bits per heavy atom. The molecule has 3 aromatic rings. The number of nitro benzene ring substituents is 2. The van der Waals surface area contributed by atoms with E-state index in [0.29, 0.717) is 11.1 Å². The summed E-state index contributed by atoms with van der Waals surface area (Å²) in [7, 11) is 0. The van der Waals surface area contributed by atoms with Crippen LogP contribution in [-0.4, -0.2) is 15.8 Å². The van der Waals surface area contributed by atoms with Crippen molar-refractivity contribution in [3.8, 4) is 11.8 Å². The molecule has 0 saturated heterocycles. The number of carbonyl (C=O) groups is 1. The quantitative estimate of drug-likeness (QED) is 0.141. The van der Waals surface area contributed by atoms with Gasteiger partial charge in [0, 0.05) is 12.1 Å². The van der Waals surface area contributed by atoms with Crippen LogP contribution in [0.25, 0.3) is 11.6 Å². The highest BCUT2D eigenvalue weighted by Crippen LogP contribution is 2.25. The summed E-state index contributed by atoms with van der Waals surface area (Å²) in [6.07, 6.45) is 1.62. The van der Waals surface area contributed by atoms with E-state index in [2.05, 4.69) is 6.07 Å². The summed E-state index contributed by atoms with van der Waals surface area (Å²) in [5, 5.41) is 31.4. The van der Waals surface area contributed by atoms with Crippen LogP contribution in [0.4, 0.5) is 11.4 Å². The molecule has 9 nitrogen and oxygen atoms in total. The Kier molecular flexibility index (Phi) is 6.13. The zero-order valence-electron chi connectivity index (χ0n) is 15.8. The number of hydrogen-bond donors (Lipinski definition) is 0. The van der Waals surface area contributed by atoms with Crippen LogP contribution < -0.4 is 4.74 Å². The Labute approximate surface area is 175 Å². The Morgan fingerprint density at radius 2 is 1.52 bits per heavy atom. The lowest BCUT2D eigenvalue weighted by Crippen LogP contribution is -2.09. The van der Waals surface area contributed by atoms with Crippen LogP contribution >= 0.6 is 0 Å². The summed E-state index contributed by atoms with van der Waals surface area (Å²) in [5.41, 5.74) is 0.174. The van der Waals surface area contributed by atoms with E-state index >= 15 is 0 Å². The molecule has 0 amide bonds. The molecule has 0 aliphatic carbocycles. The largest absolute Gasteiger partial charge is 0.423 e. The molecule has 0 radical (unpaired) electrons. The van der Waals surface area contributed by atoms with E-state index in [0.717, 1.165) is 23.8 Å². The molecule has 0 bridgehead atoms. The van der Waals surface area contributed by atoms with Crippen LogP contribution in [0.5, 0.6) is 5.75 Å². The number of non-ortho nitro benzene ring substituents is 2. The van der Waals surface area contributed by atoms with Crippen LogP contribution in [0.1, 0.15) is 21.5 Å². The maximum absolute atomic E-state index is 12.4. The molecule has 0 unspecified atom stereocenters. The van der Waals surface area contributed by atoms with Gasteiger partial charge in [-0.3, -0.25) is 20.2 Å². The van der Waals surface area contributed by atoms with Gasteiger partial charge >= 0.3 is 5.97 Å². The van der Waals surface area contributed by atoms with Gasteiger partial charge in [-0.1, -0.05) is 42.5 Å². The SMILES string of the molecule is N#C/C(=C/c1cccc(OC(=O)c2cc([N+](=O)[O-])cc([N+](=O)[O-])c2)c1)c1ccccc1. The second kappa shape index (κ2) is 9.11. The Balaban J connectivity index is 1.89. The van der Waals surface area contributed by atoms with Gasteiger partial charge in [-0.05, 0) is 29.3 Å². The number of nitriles is 1. The molecule has 9 heteroatoms. The van der Waals surface area contributed by atoms with Gasteiger partial charge in [0.05, 0.1) is 33.1 Å². The minimum absolute atomic E-state index is 0.110. The van der Waals surface area contributed by atoms with Crippen molar-refractivity contribution in [2.45, 2.75) is 0 Å². The van der Waals surface area contributed by atoms with Crippen LogP contribution in [-0.2, 0) is 0 Å². The number of carbonyl (C=O) groups excluding carboxylic acids is 1. The van der Waals surface area contributed by atoms with E-state index in [1.807, 2.05) is 6.07 Å². The number of allylic oxidation sites excluding steroid dienone is 1. The van der Waals surface area contributed by atoms with E-state index in [4.69, 9.17) is 4.74 Å². The van der Waals surface area contributed by atoms with Gasteiger partial charge in [0.25, 0.3) is 11.4 Å². The first kappa shape index (κ1) is 20.9. The topological polar surface area (TPSA) is 136 Å². The van der Waals surface area contributed by atoms with Crippen molar-refractivity contribution in [1.29, 1.82) is 5.26 Å². The molecule has 3 rings (SSSR count). The van der Waals surface area contributed by atoms with Gasteiger partial charge in [-0.2, -0.15) is 5.26 Å². The first-order chi connectivity index (χ1) is 14.9. The van der Waals surface area contributed by atoms with Crippen molar-refractivity contribution >= 4 is 29.0 Å². The Morgan fingerprint density at radius 1 is 0.871 bits per heavy atom. The molecule has 0 fully saturated rings. The lowest BCUT2D eigenvalue weighted by Gasteiger charge is -2.06. The van der Waals surface area contributed by atoms with Crippen LogP contribution in [0.15, 0.2) is 72.8 Å². The van der Waals surface area contributed by atoms with Crippen molar-refractivity contribution in [2.75, 3.05) is 0 Å². The van der Waals surface area contributed by atoms with Gasteiger partial charge in [0.15, 0.2) is 0 Å². The predicted molar refractivity (Wildman–Crippen MR) is 111 cm³/mol. The average molecular weight is 415 g/mol. The lowest BCUT2D eigenvalue weighted by atomic mass is 10.0. The molecular weight excluding hydrogens is 402 g/mol. The summed E-state index contributed by atoms with van der Waals surface area (Å²) < 4.78 is 5.24. The Bertz CT molecular complexity index is 1210. The molecule has 0 heterocycles. The molecule has 152 valence electrons. The highest BCUT2D eigenvalue weighted by Gasteiger charge is 2.21. The molecule has 0 aromatic heterocycles. The van der Waals surface area contributed by atoms with Crippen molar-refractivity contribution in [1.82, 2.24) is 0 Å². The van der Waals surface area contributed by atoms with E-state index in [1.54, 1.807) is 42.5 Å². The number of hydrogen-bond acceptors (Lipinski definition) is 7. The smallest absolute Gasteiger partial charge is 0.344 e. The Hall–Kier alpha value is -4.84. The second-order valence-corrected chi connectivity index (χ2v) is 6.25. The molecule has 0 aliphatic heterocycles. The van der Waals surface area contributed by atoms with Crippen molar-refractivity contribution in [3.05, 3.63) is 110 Å². The normalized spacial score (nSPS) is 10.7. The number of nitro groups is 2. The summed E-state index contributed by atoms with van der Waals surface area (Å²) in [5.74, 6) is -0.880. The third kappa shape index (κ3) is 5.16. The first-order valence-electron chi connectivity index (χ1n) is 8.80. The predicted octanol–water partition coefficient (Wildman–Crippen LogP) is 4.79. The molecule has 0 atom stereocenters. The van der Waals surface area contributed by atoms with Crippen LogP contribution in [0.2, 0.25) is 0 Å². The zero-order valence-corrected chi connectivity index (χ0v) is 15.8. The number of benzene rings is 3. The number of rotatable bonds is 6. The fourth-order valence-corrected chi connectivity index (χ4v) is 2.72. The maximum Gasteiger partial charge on any atom is 0.344 e. The van der Waals surface area contributed by atoms with E-state index < -0.39 is 27.2 Å². The standard InChI is InChI=1S/C22H13N3O6/c23-14-18(16-6-2-1-3-7-16)9-15-5-4-8-21(10-15)31-22(26)17-11-19(24(27)28)13-20(12-17)25(29)30/h1-13H/b18-9-. The van der Waals surface area contributed by atoms with Gasteiger partial charge in [-0.15, -0.1) is 0 Å². The van der Waals surface area contributed by atoms with Crippen LogP contribution in [0, 0.1) is 31.6 Å². The number of nitrogens with zero attached hydrogens (tertiary/aromatic N) is 3. The molecule has 31 heavy (non-hydrogen) atoms. The van der Waals surface area contributed by atoms with Crippen molar-refractivity contribution < 1.29 is 19.4 Å². The van der Waals surface area contributed by atoms with Gasteiger partial charge in [0.1, 0.15) is 5.75 Å². The minimum atomic E-state index is -0.989. The second-order valence-electron chi connectivity index (χ2n) is 6.25. The summed E-state index contributed by atoms with van der Waals surface area (Å²) in [6, 6.07) is 20.0. The summed E-state index contributed by atoms with van der Waals surface area (Å²) in [6.45, 7) is 0. The van der Waals surface area contributed by atoms with Gasteiger partial charge < -0.3 is 4.74 Å². The third-order valence-electron chi connectivity index (χ3n) is 4.14. The first-order valence-corrected chi connectivity index (χ1v) is 8.80. The fourth-order valence-electron chi connectivity index (χ4n) is 2.72. The summed E-state index contributed by atoms with van der Waals surface area (Å²) >= 11 is 0. The van der Waals surface area contributed by atoms with Gasteiger partial charge in [-0.25, -0.2) is 4.79 Å². The number of ether oxygens (including phenoxy) is 1. The number of esters is 1.